The zero-order valence-corrected chi connectivity index (χ0v) is 13.3. The number of nitrogens with zero attached hydrogens (tertiary/aromatic N) is 2. The van der Waals surface area contributed by atoms with Crippen LogP contribution in [0.1, 0.15) is 23.4 Å². The predicted octanol–water partition coefficient (Wildman–Crippen LogP) is -0.443. The summed E-state index contributed by atoms with van der Waals surface area (Å²) in [5, 5.41) is 29.6. The number of nitrogens with two attached hydrogens (primary N) is 1. The van der Waals surface area contributed by atoms with E-state index in [1.807, 2.05) is 30.3 Å². The van der Waals surface area contributed by atoms with Gasteiger partial charge in [0.25, 0.3) is 0 Å². The number of carbonyl (C=O) groups is 2. The topological polar surface area (TPSA) is 164 Å². The highest BCUT2D eigenvalue weighted by atomic mass is 16.4. The van der Waals surface area contributed by atoms with Crippen molar-refractivity contribution in [3.63, 3.8) is 0 Å². The third-order valence-electron chi connectivity index (χ3n) is 3.28. The van der Waals surface area contributed by atoms with Crippen LogP contribution in [0.15, 0.2) is 34.7 Å². The molecule has 0 radical (unpaired) electrons. The molecule has 1 aromatic carbocycles. The van der Waals surface area contributed by atoms with Gasteiger partial charge in [-0.2, -0.15) is 0 Å². The van der Waals surface area contributed by atoms with Crippen molar-refractivity contribution in [2.45, 2.75) is 25.0 Å². The first-order valence-electron chi connectivity index (χ1n) is 7.49. The summed E-state index contributed by atoms with van der Waals surface area (Å²) in [6.45, 7) is -0.823. The lowest BCUT2D eigenvalue weighted by atomic mass is 10.1. The molecule has 0 saturated carbocycles. The Balaban J connectivity index is 1.84. The first-order valence-corrected chi connectivity index (χ1v) is 7.49. The largest absolute Gasteiger partial charge is 0.480 e. The number of amides is 2. The van der Waals surface area contributed by atoms with Gasteiger partial charge in [-0.25, -0.2) is 9.59 Å². The van der Waals surface area contributed by atoms with E-state index in [4.69, 9.17) is 20.4 Å². The summed E-state index contributed by atoms with van der Waals surface area (Å²) >= 11 is 0. The maximum absolute atomic E-state index is 11.6. The first kappa shape index (κ1) is 18.4. The van der Waals surface area contributed by atoms with E-state index < -0.39 is 30.7 Å². The minimum absolute atomic E-state index is 0.103. The van der Waals surface area contributed by atoms with Crippen molar-refractivity contribution in [2.24, 2.45) is 5.73 Å². The van der Waals surface area contributed by atoms with Crippen molar-refractivity contribution in [1.29, 1.82) is 0 Å². The number of nitrogens with one attached hydrogen (secondary N) is 2. The maximum Gasteiger partial charge on any atom is 0.328 e. The normalized spacial score (nSPS) is 13.0. The molecule has 0 aliphatic heterocycles. The van der Waals surface area contributed by atoms with Crippen molar-refractivity contribution in [1.82, 2.24) is 20.8 Å². The van der Waals surface area contributed by atoms with Gasteiger partial charge in [-0.3, -0.25) is 0 Å². The molecule has 0 aliphatic carbocycles. The number of benzene rings is 1. The van der Waals surface area contributed by atoms with E-state index in [0.717, 1.165) is 5.56 Å². The lowest BCUT2D eigenvalue weighted by molar-refractivity contribution is -0.140. The van der Waals surface area contributed by atoms with Gasteiger partial charge in [0.2, 0.25) is 11.8 Å². The van der Waals surface area contributed by atoms with Crippen molar-refractivity contribution in [3.05, 3.63) is 47.7 Å². The van der Waals surface area contributed by atoms with E-state index in [-0.39, 0.29) is 18.3 Å². The van der Waals surface area contributed by atoms with Crippen LogP contribution < -0.4 is 16.4 Å². The van der Waals surface area contributed by atoms with E-state index in [1.165, 1.54) is 0 Å². The van der Waals surface area contributed by atoms with Gasteiger partial charge in [0.1, 0.15) is 0 Å². The van der Waals surface area contributed by atoms with E-state index >= 15 is 0 Å². The van der Waals surface area contributed by atoms with Gasteiger partial charge in [0.05, 0.1) is 19.2 Å². The number of carboxylic acids is 1. The number of carbonyl (C=O) groups excluding carboxylic acids is 1. The number of aliphatic carboxylic acids is 1. The van der Waals surface area contributed by atoms with E-state index in [9.17, 15) is 9.59 Å². The second-order valence-electron chi connectivity index (χ2n) is 5.23. The molecule has 1 aromatic heterocycles. The molecule has 25 heavy (non-hydrogen) atoms. The highest BCUT2D eigenvalue weighted by molar-refractivity contribution is 5.82. The van der Waals surface area contributed by atoms with Crippen LogP contribution in [0.25, 0.3) is 0 Å². The zero-order chi connectivity index (χ0) is 18.2. The number of hydrogen-bond acceptors (Lipinski definition) is 7. The smallest absolute Gasteiger partial charge is 0.328 e. The van der Waals surface area contributed by atoms with Gasteiger partial charge in [0, 0.05) is 0 Å². The van der Waals surface area contributed by atoms with Crippen molar-refractivity contribution in [3.8, 4) is 0 Å². The Kier molecular flexibility index (Phi) is 6.43. The van der Waals surface area contributed by atoms with Gasteiger partial charge in [-0.1, -0.05) is 30.3 Å². The zero-order valence-electron chi connectivity index (χ0n) is 13.3. The summed E-state index contributed by atoms with van der Waals surface area (Å²) < 4.78 is 5.39. The van der Waals surface area contributed by atoms with Gasteiger partial charge in [-0.15, -0.1) is 10.2 Å². The number of aliphatic hydroxyl groups is 1. The first-order chi connectivity index (χ1) is 12.0. The van der Waals surface area contributed by atoms with Crippen LogP contribution in [-0.2, 0) is 17.8 Å². The van der Waals surface area contributed by atoms with Gasteiger partial charge in [0.15, 0.2) is 6.04 Å². The molecule has 0 bridgehead atoms. The average molecular weight is 349 g/mol. The van der Waals surface area contributed by atoms with Crippen LogP contribution in [0.5, 0.6) is 0 Å². The molecular weight excluding hydrogens is 330 g/mol. The highest BCUT2D eigenvalue weighted by Gasteiger charge is 2.19. The summed E-state index contributed by atoms with van der Waals surface area (Å²) in [4.78, 5) is 22.3. The monoisotopic (exact) mass is 349 g/mol. The second-order valence-corrected chi connectivity index (χ2v) is 5.23. The van der Waals surface area contributed by atoms with E-state index in [2.05, 4.69) is 20.8 Å². The third-order valence-corrected chi connectivity index (χ3v) is 3.28. The molecule has 2 unspecified atom stereocenters. The van der Waals surface area contributed by atoms with Crippen LogP contribution >= 0.6 is 0 Å². The van der Waals surface area contributed by atoms with Crippen LogP contribution in [0.4, 0.5) is 4.79 Å². The number of aromatic nitrogens is 2. The van der Waals surface area contributed by atoms with Gasteiger partial charge in [-0.05, 0) is 12.0 Å². The molecular formula is C15H19N5O5. The Labute approximate surface area is 143 Å². The quantitative estimate of drug-likeness (QED) is 0.428. The third kappa shape index (κ3) is 5.55. The molecule has 1 heterocycles. The minimum atomic E-state index is -1.39. The van der Waals surface area contributed by atoms with Crippen molar-refractivity contribution < 1.29 is 24.2 Å². The van der Waals surface area contributed by atoms with Gasteiger partial charge >= 0.3 is 12.0 Å². The Morgan fingerprint density at radius 3 is 2.60 bits per heavy atom. The van der Waals surface area contributed by atoms with Crippen molar-refractivity contribution in [2.75, 3.05) is 6.61 Å². The lowest BCUT2D eigenvalue weighted by Gasteiger charge is -2.11. The van der Waals surface area contributed by atoms with Crippen LogP contribution in [-0.4, -0.2) is 45.1 Å². The molecule has 2 rings (SSSR count). The van der Waals surface area contributed by atoms with E-state index in [1.54, 1.807) is 0 Å². The summed E-state index contributed by atoms with van der Waals surface area (Å²) in [7, 11) is 0. The fourth-order valence-electron chi connectivity index (χ4n) is 1.99. The van der Waals surface area contributed by atoms with E-state index in [0.29, 0.717) is 6.42 Å². The highest BCUT2D eigenvalue weighted by Crippen LogP contribution is 2.14. The molecule has 10 heteroatoms. The molecule has 0 saturated heterocycles. The number of rotatable bonds is 8. The summed E-state index contributed by atoms with van der Waals surface area (Å²) in [5.41, 5.74) is 7.05. The summed E-state index contributed by atoms with van der Waals surface area (Å²) in [6, 6.07) is 6.92. The number of aliphatic hydroxyl groups excluding tert-OH is 1. The predicted molar refractivity (Wildman–Crippen MR) is 85.3 cm³/mol. The average Bonchev–Trinajstić information content (AvgIpc) is 3.07. The maximum atomic E-state index is 11.6. The molecule has 134 valence electrons. The van der Waals surface area contributed by atoms with Crippen LogP contribution in [0.3, 0.4) is 0 Å². The van der Waals surface area contributed by atoms with Crippen LogP contribution in [0.2, 0.25) is 0 Å². The molecule has 2 amide bonds. The Morgan fingerprint density at radius 2 is 1.96 bits per heavy atom. The Bertz CT molecular complexity index is 705. The molecule has 0 fully saturated rings. The van der Waals surface area contributed by atoms with Crippen LogP contribution in [0, 0.1) is 0 Å². The Morgan fingerprint density at radius 1 is 1.24 bits per heavy atom. The number of carboxylic acid groups (broad SMARTS) is 1. The fourth-order valence-corrected chi connectivity index (χ4v) is 1.99. The van der Waals surface area contributed by atoms with Crippen molar-refractivity contribution >= 4 is 12.0 Å². The molecule has 2 aromatic rings. The SMILES string of the molecule is NC(Cc1ccccc1)c1nnc(CNC(=O)NC(CO)C(=O)O)o1. The van der Waals surface area contributed by atoms with Gasteiger partial charge < -0.3 is 31.0 Å². The molecule has 0 aliphatic rings. The molecule has 10 nitrogen and oxygen atoms in total. The fraction of sp³-hybridized carbons (Fsp3) is 0.333. The summed E-state index contributed by atoms with van der Waals surface area (Å²) in [6.07, 6.45) is 0.521. The molecule has 0 spiro atoms. The minimum Gasteiger partial charge on any atom is -0.480 e. The molecule has 6 N–H and O–H groups in total. The lowest BCUT2D eigenvalue weighted by Crippen LogP contribution is -2.47. The standard InChI is InChI=1S/C15H19N5O5/c16-10(6-9-4-2-1-3-5-9)13-20-19-12(25-13)7-17-15(24)18-11(8-21)14(22)23/h1-5,10-11,21H,6-8,16H2,(H,22,23)(H2,17,18,24). The Hall–Kier alpha value is -2.98. The summed E-state index contributed by atoms with van der Waals surface area (Å²) in [5.74, 6) is -0.978. The molecule has 2 atom stereocenters. The number of urea groups is 1. The number of hydrogen-bond donors (Lipinski definition) is 5. The second kappa shape index (κ2) is 8.76.